The van der Waals surface area contributed by atoms with E-state index in [-0.39, 0.29) is 39.0 Å². The molecule has 0 aromatic carbocycles. The molecule has 0 unspecified atom stereocenters. The molecule has 20 heavy (non-hydrogen) atoms. The van der Waals surface area contributed by atoms with Crippen LogP contribution in [-0.2, 0) is 57.6 Å². The summed E-state index contributed by atoms with van der Waals surface area (Å²) in [4.78, 5) is 0. The van der Waals surface area contributed by atoms with Crippen molar-refractivity contribution in [3.63, 3.8) is 0 Å². The van der Waals surface area contributed by atoms with Crippen molar-refractivity contribution in [1.29, 1.82) is 0 Å². The molecule has 116 valence electrons. The Morgan fingerprint density at radius 2 is 0.350 bits per heavy atom. The van der Waals surface area contributed by atoms with Crippen LogP contribution in [0.25, 0.3) is 0 Å². The van der Waals surface area contributed by atoms with Gasteiger partial charge in [-0.15, -0.1) is 0 Å². The number of hydrogen-bond donors (Lipinski definition) is 0. The van der Waals surface area contributed by atoms with Gasteiger partial charge in [-0.25, -0.2) is 0 Å². The Bertz CT molecular complexity index is 143. The zero-order chi connectivity index (χ0) is 15.1. The molecule has 0 N–H and O–H groups in total. The number of rotatable bonds is 0. The van der Waals surface area contributed by atoms with Gasteiger partial charge in [0.05, 0.1) is 0 Å². The maximum atomic E-state index is 7.50. The first-order valence-electron chi connectivity index (χ1n) is 5.82. The molecule has 2 saturated carbocycles. The standard InChI is InChI=1S/2C5H10.4CO.2Ru/c2*1-2-4-5-3-1;4*1-2;;/h2*1-5H2;;;;;;. The van der Waals surface area contributed by atoms with E-state index in [0.29, 0.717) is 0 Å². The molecule has 0 aliphatic heterocycles. The van der Waals surface area contributed by atoms with Crippen molar-refractivity contribution in [1.82, 2.24) is 0 Å². The summed E-state index contributed by atoms with van der Waals surface area (Å²) in [5.41, 5.74) is 0. The molecule has 0 radical (unpaired) electrons. The van der Waals surface area contributed by atoms with Gasteiger partial charge in [0.25, 0.3) is 0 Å². The van der Waals surface area contributed by atoms with E-state index >= 15 is 0 Å². The average Bonchev–Trinajstić information content (AvgIpc) is 3.25. The van der Waals surface area contributed by atoms with Crippen LogP contribution >= 0.6 is 0 Å². The predicted molar refractivity (Wildman–Crippen MR) is 61.9 cm³/mol. The maximum absolute atomic E-state index is 7.50. The molecular weight excluding hydrogens is 434 g/mol. The van der Waals surface area contributed by atoms with E-state index in [9.17, 15) is 0 Å². The van der Waals surface area contributed by atoms with Crippen LogP contribution in [-0.4, -0.2) is 0 Å². The summed E-state index contributed by atoms with van der Waals surface area (Å²) in [7, 11) is 0. The Labute approximate surface area is 148 Å². The van der Waals surface area contributed by atoms with Gasteiger partial charge in [-0.3, -0.25) is 0 Å². The fraction of sp³-hybridized carbons (Fsp3) is 0.714. The summed E-state index contributed by atoms with van der Waals surface area (Å²) in [6, 6.07) is 0. The molecular formula is C14H20O4Ru2. The van der Waals surface area contributed by atoms with Gasteiger partial charge in [0.1, 0.15) is 0 Å². The molecule has 0 amide bonds. The smallest absolute Gasteiger partial charge is 0 e. The zero-order valence-corrected chi connectivity index (χ0v) is 14.9. The Morgan fingerprint density at radius 3 is 0.400 bits per heavy atom. The molecule has 0 atom stereocenters. The van der Waals surface area contributed by atoms with Crippen LogP contribution in [0.15, 0.2) is 0 Å². The van der Waals surface area contributed by atoms with Crippen LogP contribution in [0.4, 0.5) is 0 Å². The normalized spacial score (nSPS) is 12.4. The molecule has 2 fully saturated rings. The van der Waals surface area contributed by atoms with Crippen molar-refractivity contribution in [2.75, 3.05) is 0 Å². The largest absolute Gasteiger partial charge is 0 e. The minimum Gasteiger partial charge on any atom is 0 e. The van der Waals surface area contributed by atoms with Crippen LogP contribution in [0.5, 0.6) is 0 Å². The summed E-state index contributed by atoms with van der Waals surface area (Å²) in [5.74, 6) is 0. The van der Waals surface area contributed by atoms with Crippen LogP contribution in [0.2, 0.25) is 0 Å². The van der Waals surface area contributed by atoms with Crippen molar-refractivity contribution in [2.45, 2.75) is 64.2 Å². The second-order valence-corrected chi connectivity index (χ2v) is 3.54. The molecule has 0 heterocycles. The SMILES string of the molecule is C1CCCC1.C1CCCC1.[C-]#[O+].[C-]#[O+].[C-]#[O+].[C-]#[O+].[Ru].[Ru]. The molecule has 4 nitrogen and oxygen atoms in total. The van der Waals surface area contributed by atoms with E-state index in [1.807, 2.05) is 0 Å². The van der Waals surface area contributed by atoms with Crippen LogP contribution in [0.3, 0.4) is 0 Å². The fourth-order valence-electron chi connectivity index (χ4n) is 1.77. The predicted octanol–water partition coefficient (Wildman–Crippen LogP) is 3.75. The molecule has 0 spiro atoms. The first-order valence-corrected chi connectivity index (χ1v) is 5.82. The van der Waals surface area contributed by atoms with Gasteiger partial charge in [0, 0.05) is 39.0 Å². The van der Waals surface area contributed by atoms with Crippen molar-refractivity contribution >= 4 is 0 Å². The van der Waals surface area contributed by atoms with E-state index in [0.717, 1.165) is 0 Å². The Kier molecular flexibility index (Phi) is 113. The minimum atomic E-state index is 0. The summed E-state index contributed by atoms with van der Waals surface area (Å²) in [6.07, 6.45) is 15.0. The second-order valence-electron chi connectivity index (χ2n) is 3.54. The van der Waals surface area contributed by atoms with Crippen molar-refractivity contribution in [3.05, 3.63) is 26.6 Å². The third-order valence-electron chi connectivity index (χ3n) is 2.50. The molecule has 0 saturated heterocycles. The van der Waals surface area contributed by atoms with Crippen LogP contribution < -0.4 is 0 Å². The van der Waals surface area contributed by atoms with Gasteiger partial charge in [-0.05, 0) is 0 Å². The molecule has 2 aliphatic rings. The van der Waals surface area contributed by atoms with E-state index in [4.69, 9.17) is 18.6 Å². The van der Waals surface area contributed by atoms with E-state index in [2.05, 4.69) is 26.6 Å². The monoisotopic (exact) mass is 456 g/mol. The molecule has 0 bridgehead atoms. The van der Waals surface area contributed by atoms with Gasteiger partial charge in [0.15, 0.2) is 0 Å². The second kappa shape index (κ2) is 61.1. The average molecular weight is 454 g/mol. The van der Waals surface area contributed by atoms with Gasteiger partial charge in [0.2, 0.25) is 0 Å². The van der Waals surface area contributed by atoms with Crippen molar-refractivity contribution < 1.29 is 57.6 Å². The summed E-state index contributed by atoms with van der Waals surface area (Å²) < 4.78 is 30.0. The van der Waals surface area contributed by atoms with Crippen LogP contribution in [0, 0.1) is 26.6 Å². The van der Waals surface area contributed by atoms with E-state index in [1.165, 1.54) is 64.2 Å². The van der Waals surface area contributed by atoms with E-state index in [1.54, 1.807) is 0 Å². The summed E-state index contributed by atoms with van der Waals surface area (Å²) in [6.45, 7) is 18.0. The quantitative estimate of drug-likeness (QED) is 0.304. The minimum absolute atomic E-state index is 0. The zero-order valence-electron chi connectivity index (χ0n) is 11.4. The van der Waals surface area contributed by atoms with Crippen molar-refractivity contribution in [3.8, 4) is 0 Å². The molecule has 0 aromatic heterocycles. The van der Waals surface area contributed by atoms with Crippen molar-refractivity contribution in [2.24, 2.45) is 0 Å². The third kappa shape index (κ3) is 51.7. The Morgan fingerprint density at radius 1 is 0.300 bits per heavy atom. The first-order chi connectivity index (χ1) is 9.00. The molecule has 2 rings (SSSR count). The third-order valence-corrected chi connectivity index (χ3v) is 2.50. The maximum Gasteiger partial charge on any atom is 0 e. The van der Waals surface area contributed by atoms with Crippen LogP contribution in [0.1, 0.15) is 64.2 Å². The molecule has 0 aromatic rings. The van der Waals surface area contributed by atoms with Gasteiger partial charge >= 0.3 is 45.2 Å². The summed E-state index contributed by atoms with van der Waals surface area (Å²) in [5, 5.41) is 0. The van der Waals surface area contributed by atoms with Gasteiger partial charge < -0.3 is 0 Å². The molecule has 6 heteroatoms. The van der Waals surface area contributed by atoms with Gasteiger partial charge in [-0.1, -0.05) is 64.2 Å². The topological polar surface area (TPSA) is 79.6 Å². The van der Waals surface area contributed by atoms with E-state index < -0.39 is 0 Å². The first kappa shape index (κ1) is 36.9. The Hall–Kier alpha value is 0.207. The summed E-state index contributed by atoms with van der Waals surface area (Å²) >= 11 is 0. The van der Waals surface area contributed by atoms with Gasteiger partial charge in [-0.2, -0.15) is 0 Å². The number of hydrogen-bond acceptors (Lipinski definition) is 0. The molecule has 2 aliphatic carbocycles. The Balaban J connectivity index is -0.0000000311. The fourth-order valence-corrected chi connectivity index (χ4v) is 1.77.